The van der Waals surface area contributed by atoms with Crippen molar-refractivity contribution in [2.24, 2.45) is 0 Å². The number of hydrogen-bond acceptors (Lipinski definition) is 2. The fraction of sp³-hybridized carbons (Fsp3) is 0.0667. The summed E-state index contributed by atoms with van der Waals surface area (Å²) in [6, 6.07) is 12.6. The Balaban J connectivity index is 2.39. The molecule has 0 fully saturated rings. The summed E-state index contributed by atoms with van der Waals surface area (Å²) in [4.78, 5) is 12.3. The summed E-state index contributed by atoms with van der Waals surface area (Å²) in [5, 5.41) is 9.10. The standard InChI is InChI=1S/C15H8BrClFNO/c16-11-3-1-2-9(6-11)12(8-19)15(20)10-4-5-14(18)13(17)7-10/h1-7,12H. The molecule has 2 rings (SSSR count). The second-order valence-corrected chi connectivity index (χ2v) is 5.43. The summed E-state index contributed by atoms with van der Waals surface area (Å²) in [6.07, 6.45) is 0. The molecule has 0 aliphatic rings. The Morgan fingerprint density at radius 1 is 1.30 bits per heavy atom. The number of nitriles is 1. The number of nitrogens with zero attached hydrogens (tertiary/aromatic N) is 1. The zero-order valence-electron chi connectivity index (χ0n) is 10.1. The number of rotatable bonds is 3. The van der Waals surface area contributed by atoms with Gasteiger partial charge in [0.2, 0.25) is 0 Å². The third-order valence-electron chi connectivity index (χ3n) is 2.78. The predicted molar refractivity (Wildman–Crippen MR) is 78.2 cm³/mol. The van der Waals surface area contributed by atoms with Crippen molar-refractivity contribution in [3.8, 4) is 6.07 Å². The molecule has 1 atom stereocenters. The third-order valence-corrected chi connectivity index (χ3v) is 3.56. The van der Waals surface area contributed by atoms with Crippen LogP contribution in [0.4, 0.5) is 4.39 Å². The van der Waals surface area contributed by atoms with E-state index in [1.807, 2.05) is 6.07 Å². The summed E-state index contributed by atoms with van der Waals surface area (Å²) >= 11 is 8.95. The summed E-state index contributed by atoms with van der Waals surface area (Å²) in [5.74, 6) is -1.96. The van der Waals surface area contributed by atoms with E-state index in [1.165, 1.54) is 12.1 Å². The van der Waals surface area contributed by atoms with E-state index in [9.17, 15) is 14.4 Å². The molecular formula is C15H8BrClFNO. The smallest absolute Gasteiger partial charge is 0.184 e. The van der Waals surface area contributed by atoms with Gasteiger partial charge >= 0.3 is 0 Å². The van der Waals surface area contributed by atoms with Crippen molar-refractivity contribution in [2.75, 3.05) is 0 Å². The van der Waals surface area contributed by atoms with Gasteiger partial charge in [0, 0.05) is 10.0 Å². The van der Waals surface area contributed by atoms with Crippen LogP contribution in [0.25, 0.3) is 0 Å². The van der Waals surface area contributed by atoms with Crippen molar-refractivity contribution in [1.82, 2.24) is 0 Å². The molecule has 0 saturated heterocycles. The zero-order chi connectivity index (χ0) is 14.7. The molecule has 0 saturated carbocycles. The van der Waals surface area contributed by atoms with Crippen LogP contribution in [0.2, 0.25) is 5.02 Å². The molecule has 2 aromatic carbocycles. The topological polar surface area (TPSA) is 40.9 Å². The number of halogens is 3. The molecule has 2 nitrogen and oxygen atoms in total. The number of Topliss-reactive ketones (excluding diaryl/α,β-unsaturated/α-hetero) is 1. The Hall–Kier alpha value is -1.70. The van der Waals surface area contributed by atoms with Crippen molar-refractivity contribution in [3.63, 3.8) is 0 Å². The van der Waals surface area contributed by atoms with E-state index in [0.717, 1.165) is 10.5 Å². The highest BCUT2D eigenvalue weighted by atomic mass is 79.9. The molecule has 0 radical (unpaired) electrons. The molecular weight excluding hydrogens is 345 g/mol. The molecule has 2 aromatic rings. The van der Waals surface area contributed by atoms with Crippen LogP contribution in [-0.2, 0) is 0 Å². The molecule has 0 aromatic heterocycles. The van der Waals surface area contributed by atoms with E-state index in [0.29, 0.717) is 5.56 Å². The lowest BCUT2D eigenvalue weighted by molar-refractivity contribution is 0.0979. The molecule has 0 N–H and O–H groups in total. The van der Waals surface area contributed by atoms with E-state index in [-0.39, 0.29) is 10.6 Å². The molecule has 0 amide bonds. The molecule has 5 heteroatoms. The number of carbonyl (C=O) groups is 1. The minimum atomic E-state index is -0.950. The Morgan fingerprint density at radius 3 is 2.65 bits per heavy atom. The van der Waals surface area contributed by atoms with E-state index < -0.39 is 17.5 Å². The number of carbonyl (C=O) groups excluding carboxylic acids is 1. The maximum absolute atomic E-state index is 13.1. The van der Waals surface area contributed by atoms with Crippen LogP contribution in [0.1, 0.15) is 21.8 Å². The number of ketones is 1. The molecule has 1 unspecified atom stereocenters. The van der Waals surface area contributed by atoms with Crippen LogP contribution >= 0.6 is 27.5 Å². The summed E-state index contributed by atoms with van der Waals surface area (Å²) < 4.78 is 13.9. The highest BCUT2D eigenvalue weighted by molar-refractivity contribution is 9.10. The van der Waals surface area contributed by atoms with Gasteiger partial charge in [0.05, 0.1) is 11.1 Å². The SMILES string of the molecule is N#CC(C(=O)c1ccc(F)c(Cl)c1)c1cccc(Br)c1. The zero-order valence-corrected chi connectivity index (χ0v) is 12.5. The van der Waals surface area contributed by atoms with Crippen LogP contribution in [-0.4, -0.2) is 5.78 Å². The van der Waals surface area contributed by atoms with Gasteiger partial charge in [0.1, 0.15) is 11.7 Å². The Morgan fingerprint density at radius 2 is 2.05 bits per heavy atom. The van der Waals surface area contributed by atoms with Crippen LogP contribution in [0.5, 0.6) is 0 Å². The average molecular weight is 353 g/mol. The number of hydrogen-bond donors (Lipinski definition) is 0. The van der Waals surface area contributed by atoms with Crippen molar-refractivity contribution in [2.45, 2.75) is 5.92 Å². The van der Waals surface area contributed by atoms with Crippen molar-refractivity contribution in [3.05, 3.63) is 68.9 Å². The van der Waals surface area contributed by atoms with Gasteiger partial charge in [0.15, 0.2) is 5.78 Å². The lowest BCUT2D eigenvalue weighted by Crippen LogP contribution is -2.11. The monoisotopic (exact) mass is 351 g/mol. The van der Waals surface area contributed by atoms with Crippen molar-refractivity contribution >= 4 is 33.3 Å². The molecule has 0 aliphatic heterocycles. The Labute approximate surface area is 128 Å². The Bertz CT molecular complexity index is 711. The molecule has 0 aliphatic carbocycles. The van der Waals surface area contributed by atoms with Crippen molar-refractivity contribution < 1.29 is 9.18 Å². The first-order chi connectivity index (χ1) is 9.52. The van der Waals surface area contributed by atoms with Gasteiger partial charge in [-0.05, 0) is 35.9 Å². The largest absolute Gasteiger partial charge is 0.292 e. The van der Waals surface area contributed by atoms with Gasteiger partial charge in [-0.25, -0.2) is 4.39 Å². The van der Waals surface area contributed by atoms with Crippen molar-refractivity contribution in [1.29, 1.82) is 5.26 Å². The van der Waals surface area contributed by atoms with Crippen LogP contribution in [0.15, 0.2) is 46.9 Å². The van der Waals surface area contributed by atoms with Gasteiger partial charge in [-0.3, -0.25) is 4.79 Å². The normalized spacial score (nSPS) is 11.7. The lowest BCUT2D eigenvalue weighted by Gasteiger charge is -2.09. The first-order valence-electron chi connectivity index (χ1n) is 5.67. The summed E-state index contributed by atoms with van der Waals surface area (Å²) in [6.45, 7) is 0. The van der Waals surface area contributed by atoms with Gasteiger partial charge in [0.25, 0.3) is 0 Å². The second kappa shape index (κ2) is 6.17. The van der Waals surface area contributed by atoms with E-state index >= 15 is 0 Å². The summed E-state index contributed by atoms with van der Waals surface area (Å²) in [5.41, 5.74) is 0.787. The fourth-order valence-corrected chi connectivity index (χ4v) is 2.38. The van der Waals surface area contributed by atoms with Gasteiger partial charge < -0.3 is 0 Å². The summed E-state index contributed by atoms with van der Waals surface area (Å²) in [7, 11) is 0. The van der Waals surface area contributed by atoms with E-state index in [4.69, 9.17) is 11.6 Å². The highest BCUT2D eigenvalue weighted by Gasteiger charge is 2.22. The quantitative estimate of drug-likeness (QED) is 0.749. The third kappa shape index (κ3) is 3.06. The first kappa shape index (κ1) is 14.7. The van der Waals surface area contributed by atoms with Crippen LogP contribution in [0, 0.1) is 17.1 Å². The fourth-order valence-electron chi connectivity index (χ4n) is 1.79. The van der Waals surface area contributed by atoms with E-state index in [1.54, 1.807) is 24.3 Å². The average Bonchev–Trinajstić information content (AvgIpc) is 2.42. The predicted octanol–water partition coefficient (Wildman–Crippen LogP) is 4.73. The molecule has 20 heavy (non-hydrogen) atoms. The Kier molecular flexibility index (Phi) is 4.53. The van der Waals surface area contributed by atoms with Gasteiger partial charge in [-0.1, -0.05) is 39.7 Å². The maximum Gasteiger partial charge on any atom is 0.184 e. The first-order valence-corrected chi connectivity index (χ1v) is 6.84. The highest BCUT2D eigenvalue weighted by Crippen LogP contribution is 2.25. The minimum absolute atomic E-state index is 0.137. The van der Waals surface area contributed by atoms with Crippen LogP contribution < -0.4 is 0 Å². The van der Waals surface area contributed by atoms with E-state index in [2.05, 4.69) is 15.9 Å². The molecule has 0 heterocycles. The number of benzene rings is 2. The molecule has 0 bridgehead atoms. The minimum Gasteiger partial charge on any atom is -0.292 e. The maximum atomic E-state index is 13.1. The van der Waals surface area contributed by atoms with Crippen LogP contribution in [0.3, 0.4) is 0 Å². The van der Waals surface area contributed by atoms with Gasteiger partial charge in [-0.2, -0.15) is 5.26 Å². The second-order valence-electron chi connectivity index (χ2n) is 4.11. The molecule has 0 spiro atoms. The van der Waals surface area contributed by atoms with Gasteiger partial charge in [-0.15, -0.1) is 0 Å². The molecule has 100 valence electrons. The lowest BCUT2D eigenvalue weighted by atomic mass is 9.92.